The van der Waals surface area contributed by atoms with Gasteiger partial charge in [0.2, 0.25) is 0 Å². The van der Waals surface area contributed by atoms with Gasteiger partial charge in [-0.2, -0.15) is 0 Å². The number of amides is 2. The zero-order valence-corrected chi connectivity index (χ0v) is 12.7. The van der Waals surface area contributed by atoms with E-state index in [2.05, 4.69) is 36.4 Å². The van der Waals surface area contributed by atoms with Crippen LogP contribution in [0.25, 0.3) is 0 Å². The Hall–Kier alpha value is -0.810. The van der Waals surface area contributed by atoms with Crippen molar-refractivity contribution in [2.45, 2.75) is 57.7 Å². The zero-order valence-electron chi connectivity index (χ0n) is 12.7. The molecule has 0 aromatic carbocycles. The summed E-state index contributed by atoms with van der Waals surface area (Å²) in [6.07, 6.45) is 4.58. The lowest BCUT2D eigenvalue weighted by Gasteiger charge is -2.31. The van der Waals surface area contributed by atoms with Crippen LogP contribution >= 0.6 is 0 Å². The Morgan fingerprint density at radius 3 is 2.68 bits per heavy atom. The quantitative estimate of drug-likeness (QED) is 0.771. The molecular weight excluding hydrogens is 242 g/mol. The van der Waals surface area contributed by atoms with Crippen LogP contribution in [0, 0.1) is 0 Å². The summed E-state index contributed by atoms with van der Waals surface area (Å²) in [5.74, 6) is 0. The molecule has 1 aliphatic rings. The van der Waals surface area contributed by atoms with Gasteiger partial charge >= 0.3 is 6.03 Å². The molecule has 0 unspecified atom stereocenters. The molecule has 0 aromatic rings. The Bertz CT molecular complexity index is 271. The van der Waals surface area contributed by atoms with Gasteiger partial charge in [-0.3, -0.25) is 0 Å². The van der Waals surface area contributed by atoms with Gasteiger partial charge in [0.05, 0.1) is 12.1 Å². The lowest BCUT2D eigenvalue weighted by atomic mass is 9.92. The third kappa shape index (κ3) is 5.78. The number of rotatable bonds is 6. The molecule has 2 N–H and O–H groups in total. The van der Waals surface area contributed by atoms with E-state index in [-0.39, 0.29) is 18.2 Å². The maximum absolute atomic E-state index is 11.8. The smallest absolute Gasteiger partial charge is 0.315 e. The fourth-order valence-electron chi connectivity index (χ4n) is 2.37. The zero-order chi connectivity index (χ0) is 14.3. The summed E-state index contributed by atoms with van der Waals surface area (Å²) in [4.78, 5) is 14.0. The molecule has 0 aromatic heterocycles. The summed E-state index contributed by atoms with van der Waals surface area (Å²) in [7, 11) is 3.78. The number of ether oxygens (including phenoxy) is 1. The molecule has 1 rings (SSSR count). The average molecular weight is 271 g/mol. The van der Waals surface area contributed by atoms with Gasteiger partial charge in [-0.1, -0.05) is 12.8 Å². The largest absolute Gasteiger partial charge is 0.379 e. The van der Waals surface area contributed by atoms with Gasteiger partial charge in [-0.15, -0.1) is 0 Å². The molecule has 0 aliphatic heterocycles. The number of nitrogens with zero attached hydrogens (tertiary/aromatic N) is 1. The molecule has 5 nitrogen and oxygen atoms in total. The normalized spacial score (nSPS) is 23.7. The van der Waals surface area contributed by atoms with Crippen LogP contribution in [0.5, 0.6) is 0 Å². The Morgan fingerprint density at radius 2 is 2.05 bits per heavy atom. The molecular formula is C14H29N3O2. The maximum atomic E-state index is 11.8. The second-order valence-corrected chi connectivity index (χ2v) is 5.64. The highest BCUT2D eigenvalue weighted by Crippen LogP contribution is 2.20. The molecule has 2 atom stereocenters. The van der Waals surface area contributed by atoms with Crippen LogP contribution in [0.1, 0.15) is 39.5 Å². The summed E-state index contributed by atoms with van der Waals surface area (Å²) in [5.41, 5.74) is 0. The average Bonchev–Trinajstić information content (AvgIpc) is 2.39. The summed E-state index contributed by atoms with van der Waals surface area (Å²) < 4.78 is 5.43. The molecule has 0 radical (unpaired) electrons. The van der Waals surface area contributed by atoms with Crippen molar-refractivity contribution in [2.24, 2.45) is 0 Å². The molecule has 0 saturated heterocycles. The maximum Gasteiger partial charge on any atom is 0.315 e. The van der Waals surface area contributed by atoms with Crippen LogP contribution < -0.4 is 10.6 Å². The summed E-state index contributed by atoms with van der Waals surface area (Å²) >= 11 is 0. The van der Waals surface area contributed by atoms with Crippen LogP contribution in [0.3, 0.4) is 0 Å². The second-order valence-electron chi connectivity index (χ2n) is 5.64. The first-order valence-electron chi connectivity index (χ1n) is 7.32. The molecule has 0 heterocycles. The minimum absolute atomic E-state index is 0.0777. The molecule has 1 aliphatic carbocycles. The van der Waals surface area contributed by atoms with Crippen molar-refractivity contribution in [2.75, 3.05) is 27.2 Å². The lowest BCUT2D eigenvalue weighted by Crippen LogP contribution is -2.50. The van der Waals surface area contributed by atoms with Crippen molar-refractivity contribution in [3.05, 3.63) is 0 Å². The van der Waals surface area contributed by atoms with Gasteiger partial charge < -0.3 is 20.3 Å². The summed E-state index contributed by atoms with van der Waals surface area (Å²) in [6.45, 7) is 5.82. The van der Waals surface area contributed by atoms with Crippen molar-refractivity contribution in [3.8, 4) is 0 Å². The highest BCUT2D eigenvalue weighted by molar-refractivity contribution is 5.74. The summed E-state index contributed by atoms with van der Waals surface area (Å²) in [5, 5.41) is 5.94. The van der Waals surface area contributed by atoms with Crippen LogP contribution in [0.4, 0.5) is 4.79 Å². The highest BCUT2D eigenvalue weighted by atomic mass is 16.5. The first-order valence-corrected chi connectivity index (χ1v) is 7.32. The molecule has 5 heteroatoms. The van der Waals surface area contributed by atoms with Gasteiger partial charge in [0.15, 0.2) is 0 Å². The highest BCUT2D eigenvalue weighted by Gasteiger charge is 2.26. The van der Waals surface area contributed by atoms with Gasteiger partial charge in [0, 0.05) is 26.2 Å². The standard InChI is InChI=1S/C14H29N3O2/c1-11(2)17(3)10-9-15-14(18)16-12-7-5-6-8-13(12)19-4/h11-13H,5-10H2,1-4H3,(H2,15,16,18)/t12-,13-/m0/s1. The van der Waals surface area contributed by atoms with E-state index < -0.39 is 0 Å². The minimum Gasteiger partial charge on any atom is -0.379 e. The van der Waals surface area contributed by atoms with E-state index in [4.69, 9.17) is 4.74 Å². The number of likely N-dealkylation sites (N-methyl/N-ethyl adjacent to an activating group) is 1. The first-order chi connectivity index (χ1) is 9.04. The number of hydrogen-bond acceptors (Lipinski definition) is 3. The second kappa shape index (κ2) is 8.38. The van der Waals surface area contributed by atoms with Crippen molar-refractivity contribution in [1.82, 2.24) is 15.5 Å². The van der Waals surface area contributed by atoms with Gasteiger partial charge in [-0.25, -0.2) is 4.79 Å². The van der Waals surface area contributed by atoms with E-state index in [9.17, 15) is 4.79 Å². The van der Waals surface area contributed by atoms with E-state index in [1.165, 1.54) is 12.8 Å². The molecule has 19 heavy (non-hydrogen) atoms. The van der Waals surface area contributed by atoms with E-state index >= 15 is 0 Å². The minimum atomic E-state index is -0.0777. The number of carbonyl (C=O) groups excluding carboxylic acids is 1. The predicted molar refractivity (Wildman–Crippen MR) is 77.4 cm³/mol. The number of methoxy groups -OCH3 is 1. The number of carbonyl (C=O) groups is 1. The molecule has 0 bridgehead atoms. The third-order valence-corrected chi connectivity index (χ3v) is 3.95. The van der Waals surface area contributed by atoms with E-state index in [0.29, 0.717) is 12.6 Å². The summed E-state index contributed by atoms with van der Waals surface area (Å²) in [6, 6.07) is 0.578. The monoisotopic (exact) mass is 271 g/mol. The Balaban J connectivity index is 2.22. The first kappa shape index (κ1) is 16.2. The molecule has 112 valence electrons. The van der Waals surface area contributed by atoms with Crippen LogP contribution in [-0.4, -0.2) is 56.4 Å². The molecule has 0 spiro atoms. The van der Waals surface area contributed by atoms with Crippen molar-refractivity contribution < 1.29 is 9.53 Å². The van der Waals surface area contributed by atoms with Crippen LogP contribution in [-0.2, 0) is 4.74 Å². The number of urea groups is 1. The van der Waals surface area contributed by atoms with E-state index in [1.807, 2.05) is 0 Å². The van der Waals surface area contributed by atoms with Gasteiger partial charge in [-0.05, 0) is 33.7 Å². The Morgan fingerprint density at radius 1 is 1.37 bits per heavy atom. The van der Waals surface area contributed by atoms with Crippen molar-refractivity contribution >= 4 is 6.03 Å². The molecule has 1 saturated carbocycles. The number of hydrogen-bond donors (Lipinski definition) is 2. The van der Waals surface area contributed by atoms with Gasteiger partial charge in [0.25, 0.3) is 0 Å². The Labute approximate surface area is 117 Å². The van der Waals surface area contributed by atoms with E-state index in [0.717, 1.165) is 19.4 Å². The Kier molecular flexibility index (Phi) is 7.16. The lowest BCUT2D eigenvalue weighted by molar-refractivity contribution is 0.0452. The van der Waals surface area contributed by atoms with Crippen molar-refractivity contribution in [3.63, 3.8) is 0 Å². The third-order valence-electron chi connectivity index (χ3n) is 3.95. The van der Waals surface area contributed by atoms with Crippen molar-refractivity contribution in [1.29, 1.82) is 0 Å². The van der Waals surface area contributed by atoms with Gasteiger partial charge in [0.1, 0.15) is 0 Å². The SMILES string of the molecule is CO[C@H]1CCCC[C@@H]1NC(=O)NCCN(C)C(C)C. The van der Waals surface area contributed by atoms with Crippen LogP contribution in [0.15, 0.2) is 0 Å². The van der Waals surface area contributed by atoms with Crippen LogP contribution in [0.2, 0.25) is 0 Å². The topological polar surface area (TPSA) is 53.6 Å². The molecule has 1 fully saturated rings. The fourth-order valence-corrected chi connectivity index (χ4v) is 2.37. The number of nitrogens with one attached hydrogen (secondary N) is 2. The predicted octanol–water partition coefficient (Wildman–Crippen LogP) is 1.58. The fraction of sp³-hybridized carbons (Fsp3) is 0.929. The molecule has 2 amide bonds. The van der Waals surface area contributed by atoms with E-state index in [1.54, 1.807) is 7.11 Å².